The molecule has 366 valence electrons. The molecule has 0 saturated heterocycles. The van der Waals surface area contributed by atoms with Crippen molar-refractivity contribution >= 4 is 13.8 Å². The molecule has 0 saturated carbocycles. The molecule has 3 N–H and O–H groups in total. The Bertz CT molecular complexity index is 1050. The summed E-state index contributed by atoms with van der Waals surface area (Å²) in [5.41, 5.74) is 5.39. The summed E-state index contributed by atoms with van der Waals surface area (Å²) in [6.45, 7) is 4.95. The van der Waals surface area contributed by atoms with Gasteiger partial charge in [-0.2, -0.15) is 0 Å². The molecule has 0 aliphatic rings. The highest BCUT2D eigenvalue weighted by atomic mass is 31.2. The number of carbonyl (C=O) groups excluding carboxylic acids is 1. The zero-order valence-electron chi connectivity index (χ0n) is 40.9. The first-order valence-electron chi connectivity index (χ1n) is 26.5. The normalized spacial score (nSPS) is 13.5. The molecule has 0 amide bonds. The number of carbonyl (C=O) groups is 1. The van der Waals surface area contributed by atoms with E-state index in [-0.39, 0.29) is 32.3 Å². The van der Waals surface area contributed by atoms with Gasteiger partial charge in [-0.05, 0) is 70.6 Å². The fourth-order valence-electron chi connectivity index (χ4n) is 7.61. The lowest BCUT2D eigenvalue weighted by Crippen LogP contribution is -2.28. The summed E-state index contributed by atoms with van der Waals surface area (Å²) < 4.78 is 33.6. The van der Waals surface area contributed by atoms with Crippen molar-refractivity contribution in [1.29, 1.82) is 0 Å². The second kappa shape index (κ2) is 50.7. The molecule has 0 aliphatic carbocycles. The van der Waals surface area contributed by atoms with Gasteiger partial charge in [-0.15, -0.1) is 0 Å². The molecule has 0 rings (SSSR count). The van der Waals surface area contributed by atoms with Crippen LogP contribution in [0.15, 0.2) is 36.5 Å². The van der Waals surface area contributed by atoms with Crippen molar-refractivity contribution in [3.8, 4) is 0 Å². The molecule has 0 bridgehead atoms. The highest BCUT2D eigenvalue weighted by Gasteiger charge is 2.25. The number of hydrogen-bond donors (Lipinski definition) is 2. The minimum Gasteiger partial charge on any atom is -0.457 e. The average molecular weight is 896 g/mol. The van der Waals surface area contributed by atoms with Crippen LogP contribution in [0.25, 0.3) is 0 Å². The quantitative estimate of drug-likeness (QED) is 0.0268. The van der Waals surface area contributed by atoms with Gasteiger partial charge in [-0.25, -0.2) is 4.57 Å². The number of unbranched alkanes of at least 4 members (excludes halogenated alkanes) is 32. The average Bonchev–Trinajstić information content (AvgIpc) is 3.26. The van der Waals surface area contributed by atoms with E-state index in [1.54, 1.807) is 0 Å². The maximum Gasteiger partial charge on any atom is 0.472 e. The molecule has 0 aliphatic heterocycles. The first-order chi connectivity index (χ1) is 30.4. The molecule has 0 radical (unpaired) electrons. The van der Waals surface area contributed by atoms with Crippen molar-refractivity contribution in [2.75, 3.05) is 33.0 Å². The van der Waals surface area contributed by atoms with Crippen molar-refractivity contribution in [3.05, 3.63) is 36.5 Å². The van der Waals surface area contributed by atoms with Crippen molar-refractivity contribution in [2.24, 2.45) is 5.73 Å². The van der Waals surface area contributed by atoms with Gasteiger partial charge in [0.15, 0.2) is 0 Å². The van der Waals surface area contributed by atoms with E-state index < -0.39 is 13.9 Å². The van der Waals surface area contributed by atoms with Crippen molar-refractivity contribution in [3.63, 3.8) is 0 Å². The Morgan fingerprint density at radius 3 is 1.27 bits per heavy atom. The van der Waals surface area contributed by atoms with Crippen molar-refractivity contribution < 1.29 is 32.8 Å². The highest BCUT2D eigenvalue weighted by Crippen LogP contribution is 2.43. The summed E-state index contributed by atoms with van der Waals surface area (Å²) in [5.74, 6) is -0.329. The van der Waals surface area contributed by atoms with E-state index in [0.717, 1.165) is 38.5 Å². The van der Waals surface area contributed by atoms with Crippen LogP contribution >= 0.6 is 7.82 Å². The smallest absolute Gasteiger partial charge is 0.457 e. The predicted molar refractivity (Wildman–Crippen MR) is 266 cm³/mol. The van der Waals surface area contributed by atoms with Gasteiger partial charge in [0.25, 0.3) is 0 Å². The second-order valence-corrected chi connectivity index (χ2v) is 19.2. The third-order valence-corrected chi connectivity index (χ3v) is 12.5. The minimum atomic E-state index is -4.28. The summed E-state index contributed by atoms with van der Waals surface area (Å²) >= 11 is 0. The third kappa shape index (κ3) is 49.7. The maximum absolute atomic E-state index is 12.7. The molecule has 2 unspecified atom stereocenters. The number of allylic oxidation sites excluding steroid dienone is 6. The molecule has 0 fully saturated rings. The van der Waals surface area contributed by atoms with E-state index in [4.69, 9.17) is 24.3 Å². The molecular weight excluding hydrogens is 794 g/mol. The lowest BCUT2D eigenvalue weighted by atomic mass is 10.0. The van der Waals surface area contributed by atoms with E-state index in [2.05, 4.69) is 50.3 Å². The number of phosphoric ester groups is 1. The zero-order chi connectivity index (χ0) is 45.1. The summed E-state index contributed by atoms with van der Waals surface area (Å²) in [5, 5.41) is 0. The molecule has 0 heterocycles. The molecular formula is C53H102NO7P. The predicted octanol–water partition coefficient (Wildman–Crippen LogP) is 16.5. The number of nitrogens with two attached hydrogens (primary N) is 1. The molecule has 0 spiro atoms. The van der Waals surface area contributed by atoms with E-state index in [9.17, 15) is 14.3 Å². The standard InChI is InChI=1S/C53H102NO7P/c1-3-5-7-9-11-13-15-17-19-21-23-25-26-27-28-30-32-34-36-38-40-42-44-46-53(55)61-52(51-60-62(56,57)59-49-47-54)50-58-48-45-43-41-39-37-35-33-31-29-24-22-20-18-16-14-12-10-8-6-4-2/h15,17-18,20-21,23,52H,3-14,16,19,22,24-51,54H2,1-2H3,(H,56,57)/b17-15-,20-18-,23-21-. The SMILES string of the molecule is CCCCCCC/C=C\C/C=C\CCCCCCCCCCCCCC(=O)OC(COCCCCCCCCCCCC/C=C\CCCCCCCC)COP(=O)(O)OCCN. The maximum atomic E-state index is 12.7. The van der Waals surface area contributed by atoms with Crippen LogP contribution in [-0.2, 0) is 27.9 Å². The van der Waals surface area contributed by atoms with E-state index in [1.165, 1.54) is 199 Å². The van der Waals surface area contributed by atoms with Crippen molar-refractivity contribution in [1.82, 2.24) is 0 Å². The first kappa shape index (κ1) is 60.7. The largest absolute Gasteiger partial charge is 0.472 e. The van der Waals surface area contributed by atoms with Gasteiger partial charge in [-0.3, -0.25) is 13.8 Å². The monoisotopic (exact) mass is 896 g/mol. The Morgan fingerprint density at radius 1 is 0.484 bits per heavy atom. The van der Waals surface area contributed by atoms with Crippen molar-refractivity contribution in [2.45, 2.75) is 264 Å². The van der Waals surface area contributed by atoms with Crippen LogP contribution in [0.5, 0.6) is 0 Å². The highest BCUT2D eigenvalue weighted by molar-refractivity contribution is 7.47. The molecule has 0 aromatic carbocycles. The Labute approximate surface area is 384 Å². The summed E-state index contributed by atoms with van der Waals surface area (Å²) in [7, 11) is -4.28. The summed E-state index contributed by atoms with van der Waals surface area (Å²) in [6, 6.07) is 0. The number of ether oxygens (including phenoxy) is 2. The minimum absolute atomic E-state index is 0.0953. The van der Waals surface area contributed by atoms with Crippen LogP contribution in [0.4, 0.5) is 0 Å². The van der Waals surface area contributed by atoms with Gasteiger partial charge in [-0.1, -0.05) is 217 Å². The summed E-state index contributed by atoms with van der Waals surface area (Å²) in [4.78, 5) is 22.6. The fraction of sp³-hybridized carbons (Fsp3) is 0.868. The van der Waals surface area contributed by atoms with Gasteiger partial charge < -0.3 is 20.1 Å². The van der Waals surface area contributed by atoms with E-state index in [0.29, 0.717) is 13.0 Å². The number of esters is 1. The second-order valence-electron chi connectivity index (χ2n) is 17.7. The fourth-order valence-corrected chi connectivity index (χ4v) is 8.38. The first-order valence-corrected chi connectivity index (χ1v) is 28.0. The molecule has 0 aromatic rings. The number of phosphoric acid groups is 1. The van der Waals surface area contributed by atoms with E-state index >= 15 is 0 Å². The lowest BCUT2D eigenvalue weighted by molar-refractivity contribution is -0.154. The summed E-state index contributed by atoms with van der Waals surface area (Å²) in [6.07, 6.45) is 60.3. The van der Waals surface area contributed by atoms with E-state index in [1.807, 2.05) is 0 Å². The van der Waals surface area contributed by atoms with Gasteiger partial charge in [0.1, 0.15) is 6.10 Å². The van der Waals surface area contributed by atoms with Crippen LogP contribution in [0.2, 0.25) is 0 Å². The molecule has 62 heavy (non-hydrogen) atoms. The number of rotatable bonds is 51. The van der Waals surface area contributed by atoms with Gasteiger partial charge in [0, 0.05) is 19.6 Å². The Kier molecular flexibility index (Phi) is 49.7. The lowest BCUT2D eigenvalue weighted by Gasteiger charge is -2.20. The third-order valence-electron chi connectivity index (χ3n) is 11.5. The Morgan fingerprint density at radius 2 is 0.855 bits per heavy atom. The van der Waals surface area contributed by atoms with Crippen LogP contribution in [0.1, 0.15) is 258 Å². The van der Waals surface area contributed by atoms with Gasteiger partial charge >= 0.3 is 13.8 Å². The Hall–Kier alpha value is -1.28. The van der Waals surface area contributed by atoms with Crippen LogP contribution in [0, 0.1) is 0 Å². The van der Waals surface area contributed by atoms with Crippen LogP contribution in [0.3, 0.4) is 0 Å². The zero-order valence-corrected chi connectivity index (χ0v) is 41.8. The van der Waals surface area contributed by atoms with Crippen LogP contribution in [-0.4, -0.2) is 49.9 Å². The Balaban J connectivity index is 3.92. The molecule has 8 nitrogen and oxygen atoms in total. The number of hydrogen-bond acceptors (Lipinski definition) is 7. The topological polar surface area (TPSA) is 117 Å². The molecule has 9 heteroatoms. The van der Waals surface area contributed by atoms with Crippen LogP contribution < -0.4 is 5.73 Å². The molecule has 2 atom stereocenters. The molecule has 0 aromatic heterocycles. The van der Waals surface area contributed by atoms with Gasteiger partial charge in [0.05, 0.1) is 19.8 Å². The van der Waals surface area contributed by atoms with Gasteiger partial charge in [0.2, 0.25) is 0 Å².